The number of amides is 2. The van der Waals surface area contributed by atoms with Gasteiger partial charge in [-0.15, -0.1) is 0 Å². The van der Waals surface area contributed by atoms with Crippen LogP contribution in [0.3, 0.4) is 0 Å². The SMILES string of the molecule is NCC1CCCC1N1C(=O)[C@H]2CC=CC[C@H]2C1=O. The molecule has 0 aromatic rings. The Hall–Kier alpha value is -1.16. The molecule has 2 fully saturated rings. The quantitative estimate of drug-likeness (QED) is 0.587. The van der Waals surface area contributed by atoms with Crippen molar-refractivity contribution in [3.63, 3.8) is 0 Å². The van der Waals surface area contributed by atoms with Crippen LogP contribution in [0.4, 0.5) is 0 Å². The second-order valence-electron chi connectivity index (χ2n) is 5.70. The van der Waals surface area contributed by atoms with Crippen molar-refractivity contribution in [2.45, 2.75) is 38.1 Å². The van der Waals surface area contributed by atoms with Crippen molar-refractivity contribution in [3.05, 3.63) is 12.2 Å². The first-order chi connectivity index (χ1) is 8.74. The molecule has 0 aromatic carbocycles. The van der Waals surface area contributed by atoms with Gasteiger partial charge in [0.1, 0.15) is 0 Å². The summed E-state index contributed by atoms with van der Waals surface area (Å²) < 4.78 is 0. The van der Waals surface area contributed by atoms with Crippen LogP contribution in [0.1, 0.15) is 32.1 Å². The monoisotopic (exact) mass is 248 g/mol. The molecule has 0 radical (unpaired) electrons. The Labute approximate surface area is 107 Å². The van der Waals surface area contributed by atoms with Gasteiger partial charge in [-0.25, -0.2) is 0 Å². The van der Waals surface area contributed by atoms with E-state index in [1.54, 1.807) is 4.90 Å². The molecule has 0 aromatic heterocycles. The number of rotatable bonds is 2. The number of hydrogen-bond donors (Lipinski definition) is 1. The number of nitrogens with two attached hydrogens (primary N) is 1. The van der Waals surface area contributed by atoms with Crippen LogP contribution in [0.5, 0.6) is 0 Å². The van der Waals surface area contributed by atoms with Gasteiger partial charge < -0.3 is 5.73 Å². The molecule has 0 spiro atoms. The van der Waals surface area contributed by atoms with Crippen molar-refractivity contribution in [1.82, 2.24) is 4.90 Å². The molecule has 2 unspecified atom stereocenters. The minimum Gasteiger partial charge on any atom is -0.330 e. The average Bonchev–Trinajstić information content (AvgIpc) is 2.95. The zero-order valence-corrected chi connectivity index (χ0v) is 10.5. The van der Waals surface area contributed by atoms with Crippen LogP contribution < -0.4 is 5.73 Å². The van der Waals surface area contributed by atoms with Gasteiger partial charge in [-0.2, -0.15) is 0 Å². The maximum Gasteiger partial charge on any atom is 0.233 e. The van der Waals surface area contributed by atoms with Crippen molar-refractivity contribution in [3.8, 4) is 0 Å². The Bertz CT molecular complexity index is 379. The third-order valence-corrected chi connectivity index (χ3v) is 4.80. The van der Waals surface area contributed by atoms with Crippen molar-refractivity contribution in [1.29, 1.82) is 0 Å². The summed E-state index contributed by atoms with van der Waals surface area (Å²) in [6.07, 6.45) is 8.59. The van der Waals surface area contributed by atoms with E-state index in [0.717, 1.165) is 32.1 Å². The van der Waals surface area contributed by atoms with E-state index in [2.05, 4.69) is 0 Å². The minimum atomic E-state index is -0.0958. The molecule has 3 rings (SSSR count). The van der Waals surface area contributed by atoms with Crippen LogP contribution in [0.15, 0.2) is 12.2 Å². The molecule has 4 atom stereocenters. The molecule has 98 valence electrons. The molecule has 0 bridgehead atoms. The lowest BCUT2D eigenvalue weighted by Crippen LogP contribution is -2.44. The second kappa shape index (κ2) is 4.50. The van der Waals surface area contributed by atoms with E-state index in [9.17, 15) is 9.59 Å². The highest BCUT2D eigenvalue weighted by Crippen LogP contribution is 2.40. The summed E-state index contributed by atoms with van der Waals surface area (Å²) in [5.74, 6) is 0.230. The summed E-state index contributed by atoms with van der Waals surface area (Å²) in [6, 6.07) is 0.0700. The molecule has 4 nitrogen and oxygen atoms in total. The summed E-state index contributed by atoms with van der Waals surface area (Å²) >= 11 is 0. The number of imide groups is 1. The maximum absolute atomic E-state index is 12.4. The Morgan fingerprint density at radius 2 is 1.72 bits per heavy atom. The smallest absolute Gasteiger partial charge is 0.233 e. The van der Waals surface area contributed by atoms with Crippen LogP contribution >= 0.6 is 0 Å². The number of hydrogen-bond acceptors (Lipinski definition) is 3. The van der Waals surface area contributed by atoms with Gasteiger partial charge in [0.05, 0.1) is 11.8 Å². The largest absolute Gasteiger partial charge is 0.330 e. The first-order valence-electron chi connectivity index (χ1n) is 6.96. The number of fused-ring (bicyclic) bond motifs is 1. The first-order valence-corrected chi connectivity index (χ1v) is 6.96. The summed E-state index contributed by atoms with van der Waals surface area (Å²) in [5, 5.41) is 0. The van der Waals surface area contributed by atoms with Gasteiger partial charge in [0, 0.05) is 6.04 Å². The van der Waals surface area contributed by atoms with E-state index in [4.69, 9.17) is 5.73 Å². The van der Waals surface area contributed by atoms with Crippen molar-refractivity contribution >= 4 is 11.8 Å². The zero-order valence-electron chi connectivity index (χ0n) is 10.5. The highest BCUT2D eigenvalue weighted by atomic mass is 16.2. The predicted molar refractivity (Wildman–Crippen MR) is 67.4 cm³/mol. The number of nitrogens with zero attached hydrogens (tertiary/aromatic N) is 1. The van der Waals surface area contributed by atoms with Crippen LogP contribution in [0.2, 0.25) is 0 Å². The fraction of sp³-hybridized carbons (Fsp3) is 0.714. The van der Waals surface area contributed by atoms with E-state index in [1.807, 2.05) is 12.2 Å². The van der Waals surface area contributed by atoms with Crippen molar-refractivity contribution in [2.24, 2.45) is 23.5 Å². The normalized spacial score (nSPS) is 39.5. The van der Waals surface area contributed by atoms with Gasteiger partial charge in [-0.3, -0.25) is 14.5 Å². The molecule has 3 aliphatic rings. The zero-order chi connectivity index (χ0) is 12.7. The summed E-state index contributed by atoms with van der Waals surface area (Å²) in [5.41, 5.74) is 5.77. The number of allylic oxidation sites excluding steroid dienone is 2. The van der Waals surface area contributed by atoms with Crippen LogP contribution in [-0.2, 0) is 9.59 Å². The predicted octanol–water partition coefficient (Wildman–Crippen LogP) is 1.06. The van der Waals surface area contributed by atoms with Gasteiger partial charge in [0.25, 0.3) is 0 Å². The van der Waals surface area contributed by atoms with Crippen molar-refractivity contribution < 1.29 is 9.59 Å². The molecule has 1 saturated heterocycles. The molecule has 1 heterocycles. The topological polar surface area (TPSA) is 63.4 Å². The number of carbonyl (C=O) groups is 2. The van der Waals surface area contributed by atoms with E-state index in [1.165, 1.54) is 0 Å². The Morgan fingerprint density at radius 1 is 1.11 bits per heavy atom. The molecule has 2 amide bonds. The standard InChI is InChI=1S/C14H20N2O2/c15-8-9-4-3-7-12(9)16-13(17)10-5-1-2-6-11(10)14(16)18/h1-2,9-12H,3-8,15H2/t9?,10-,11+,12?. The van der Waals surface area contributed by atoms with E-state index in [0.29, 0.717) is 12.5 Å². The summed E-state index contributed by atoms with van der Waals surface area (Å²) in [4.78, 5) is 26.4. The minimum absolute atomic E-state index is 0.0553. The molecular weight excluding hydrogens is 228 g/mol. The molecule has 4 heteroatoms. The molecule has 2 N–H and O–H groups in total. The number of likely N-dealkylation sites (tertiary alicyclic amines) is 1. The third kappa shape index (κ3) is 1.62. The fourth-order valence-electron chi connectivity index (χ4n) is 3.78. The van der Waals surface area contributed by atoms with E-state index < -0.39 is 0 Å². The molecule has 1 saturated carbocycles. The molecule has 18 heavy (non-hydrogen) atoms. The Balaban J connectivity index is 1.85. The van der Waals surface area contributed by atoms with E-state index in [-0.39, 0.29) is 29.7 Å². The van der Waals surface area contributed by atoms with Crippen LogP contribution in [0.25, 0.3) is 0 Å². The Morgan fingerprint density at radius 3 is 2.28 bits per heavy atom. The maximum atomic E-state index is 12.4. The van der Waals surface area contributed by atoms with Gasteiger partial charge in [-0.05, 0) is 38.1 Å². The fourth-order valence-corrected chi connectivity index (χ4v) is 3.78. The van der Waals surface area contributed by atoms with Gasteiger partial charge in [0.15, 0.2) is 0 Å². The molecule has 1 aliphatic heterocycles. The third-order valence-electron chi connectivity index (χ3n) is 4.80. The lowest BCUT2D eigenvalue weighted by atomic mass is 9.85. The number of carbonyl (C=O) groups excluding carboxylic acids is 2. The molecular formula is C14H20N2O2. The molecule has 2 aliphatic carbocycles. The van der Waals surface area contributed by atoms with Gasteiger partial charge >= 0.3 is 0 Å². The highest BCUT2D eigenvalue weighted by molar-refractivity contribution is 6.05. The summed E-state index contributed by atoms with van der Waals surface area (Å²) in [7, 11) is 0. The van der Waals surface area contributed by atoms with Gasteiger partial charge in [-0.1, -0.05) is 18.6 Å². The van der Waals surface area contributed by atoms with Crippen molar-refractivity contribution in [2.75, 3.05) is 6.54 Å². The van der Waals surface area contributed by atoms with Gasteiger partial charge in [0.2, 0.25) is 11.8 Å². The van der Waals surface area contributed by atoms with Crippen LogP contribution in [0, 0.1) is 17.8 Å². The van der Waals surface area contributed by atoms with E-state index >= 15 is 0 Å². The Kier molecular flexibility index (Phi) is 2.98. The first kappa shape index (κ1) is 11.9. The highest BCUT2D eigenvalue weighted by Gasteiger charge is 2.51. The lowest BCUT2D eigenvalue weighted by molar-refractivity contribution is -0.143. The second-order valence-corrected chi connectivity index (χ2v) is 5.70. The lowest BCUT2D eigenvalue weighted by Gasteiger charge is -2.27. The summed E-state index contributed by atoms with van der Waals surface area (Å²) in [6.45, 7) is 0.579. The average molecular weight is 248 g/mol. The van der Waals surface area contributed by atoms with Crippen LogP contribution in [-0.4, -0.2) is 29.3 Å².